The summed E-state index contributed by atoms with van der Waals surface area (Å²) in [5.41, 5.74) is 16.3. The second-order valence-corrected chi connectivity index (χ2v) is 3.37. The lowest BCUT2D eigenvalue weighted by molar-refractivity contribution is 0.504. The molecule has 6 heteroatoms. The lowest BCUT2D eigenvalue weighted by Gasteiger charge is -2.05. The monoisotopic (exact) mass is 180 g/mol. The van der Waals surface area contributed by atoms with Crippen molar-refractivity contribution in [3.63, 3.8) is 0 Å². The Kier molecular flexibility index (Phi) is 3.96. The summed E-state index contributed by atoms with van der Waals surface area (Å²) in [6.45, 7) is 1.17. The highest BCUT2D eigenvalue weighted by atomic mass is 15.1. The van der Waals surface area contributed by atoms with Crippen molar-refractivity contribution in [2.24, 2.45) is 22.1 Å². The molecule has 1 aliphatic carbocycles. The molecule has 0 saturated heterocycles. The van der Waals surface area contributed by atoms with Crippen LogP contribution in [0.5, 0.6) is 0 Å². The van der Waals surface area contributed by atoms with Crippen LogP contribution in [0.4, 0.5) is 0 Å². The predicted octanol–water partition coefficient (Wildman–Crippen LogP) is 3.02. The summed E-state index contributed by atoms with van der Waals surface area (Å²) < 4.78 is 0. The summed E-state index contributed by atoms with van der Waals surface area (Å²) in [6.07, 6.45) is 3.20. The van der Waals surface area contributed by atoms with Gasteiger partial charge in [0.2, 0.25) is 0 Å². The Labute approximate surface area is 76.2 Å². The minimum absolute atomic E-state index is 0.495. The van der Waals surface area contributed by atoms with Crippen LogP contribution in [0.25, 0.3) is 20.9 Å². The summed E-state index contributed by atoms with van der Waals surface area (Å²) in [5, 5.41) is 7.09. The Morgan fingerprint density at radius 2 is 1.46 bits per heavy atom. The average Bonchev–Trinajstić information content (AvgIpc) is 2.59. The molecule has 0 bridgehead atoms. The first-order valence-electron chi connectivity index (χ1n) is 4.38. The molecule has 2 atom stereocenters. The maximum atomic E-state index is 8.13. The molecule has 1 fully saturated rings. The zero-order valence-electron chi connectivity index (χ0n) is 7.37. The highest BCUT2D eigenvalue weighted by Gasteiger charge is 2.23. The van der Waals surface area contributed by atoms with Crippen molar-refractivity contribution in [3.8, 4) is 0 Å². The normalized spacial score (nSPS) is 26.2. The molecule has 70 valence electrons. The van der Waals surface area contributed by atoms with Crippen LogP contribution >= 0.6 is 0 Å². The fraction of sp³-hybridized carbons (Fsp3) is 1.00. The van der Waals surface area contributed by atoms with E-state index in [1.807, 2.05) is 0 Å². The SMILES string of the molecule is [N-]=[N+]=NCC1CCC(CN=[N+]=[N-])C1. The van der Waals surface area contributed by atoms with Crippen molar-refractivity contribution in [1.82, 2.24) is 0 Å². The van der Waals surface area contributed by atoms with Crippen molar-refractivity contribution in [2.75, 3.05) is 13.1 Å². The Balaban J connectivity index is 2.27. The van der Waals surface area contributed by atoms with E-state index >= 15 is 0 Å². The minimum Gasteiger partial charge on any atom is -0.0937 e. The van der Waals surface area contributed by atoms with E-state index in [2.05, 4.69) is 20.1 Å². The summed E-state index contributed by atoms with van der Waals surface area (Å²) in [5.74, 6) is 0.990. The Morgan fingerprint density at radius 1 is 1.00 bits per heavy atom. The topological polar surface area (TPSA) is 97.5 Å². The van der Waals surface area contributed by atoms with Gasteiger partial charge in [-0.25, -0.2) is 0 Å². The number of rotatable bonds is 4. The maximum absolute atomic E-state index is 8.13. The second-order valence-electron chi connectivity index (χ2n) is 3.37. The van der Waals surface area contributed by atoms with Gasteiger partial charge >= 0.3 is 0 Å². The van der Waals surface area contributed by atoms with Crippen molar-refractivity contribution in [1.29, 1.82) is 0 Å². The van der Waals surface area contributed by atoms with Gasteiger partial charge in [0, 0.05) is 22.9 Å². The number of azide groups is 2. The van der Waals surface area contributed by atoms with Gasteiger partial charge < -0.3 is 0 Å². The van der Waals surface area contributed by atoms with E-state index in [4.69, 9.17) is 11.1 Å². The van der Waals surface area contributed by atoms with Crippen LogP contribution in [0.3, 0.4) is 0 Å². The van der Waals surface area contributed by atoms with Crippen molar-refractivity contribution >= 4 is 0 Å². The summed E-state index contributed by atoms with van der Waals surface area (Å²) in [4.78, 5) is 5.46. The first-order valence-corrected chi connectivity index (χ1v) is 4.38. The largest absolute Gasteiger partial charge is 0.0937 e. The van der Waals surface area contributed by atoms with Gasteiger partial charge in [-0.2, -0.15) is 0 Å². The predicted molar refractivity (Wildman–Crippen MR) is 48.9 cm³/mol. The third-order valence-electron chi connectivity index (χ3n) is 2.46. The van der Waals surface area contributed by atoms with Crippen LogP contribution in [0.15, 0.2) is 10.2 Å². The molecule has 0 radical (unpaired) electrons. The molecule has 1 rings (SSSR count). The van der Waals surface area contributed by atoms with E-state index in [9.17, 15) is 0 Å². The number of hydrogen-bond donors (Lipinski definition) is 0. The molecular formula is C7H12N6. The zero-order valence-corrected chi connectivity index (χ0v) is 7.37. The third kappa shape index (κ3) is 3.23. The van der Waals surface area contributed by atoms with Crippen LogP contribution in [0, 0.1) is 11.8 Å². The molecule has 0 N–H and O–H groups in total. The second kappa shape index (κ2) is 5.30. The van der Waals surface area contributed by atoms with Gasteiger partial charge in [-0.05, 0) is 29.3 Å². The lowest BCUT2D eigenvalue weighted by atomic mass is 10.1. The molecule has 0 heterocycles. The zero-order chi connectivity index (χ0) is 9.52. The molecule has 1 saturated carbocycles. The quantitative estimate of drug-likeness (QED) is 0.361. The van der Waals surface area contributed by atoms with Crippen molar-refractivity contribution in [2.45, 2.75) is 19.3 Å². The third-order valence-corrected chi connectivity index (χ3v) is 2.46. The van der Waals surface area contributed by atoms with Crippen LogP contribution in [0.2, 0.25) is 0 Å². The van der Waals surface area contributed by atoms with Gasteiger partial charge in [-0.1, -0.05) is 23.1 Å². The fourth-order valence-electron chi connectivity index (χ4n) is 1.81. The molecule has 0 aromatic rings. The molecule has 13 heavy (non-hydrogen) atoms. The van der Waals surface area contributed by atoms with Gasteiger partial charge in [-0.3, -0.25) is 0 Å². The molecule has 1 aliphatic rings. The van der Waals surface area contributed by atoms with Gasteiger partial charge in [0.05, 0.1) is 0 Å². The van der Waals surface area contributed by atoms with E-state index in [1.165, 1.54) is 0 Å². The molecule has 0 aliphatic heterocycles. The Hall–Kier alpha value is -1.38. The summed E-state index contributed by atoms with van der Waals surface area (Å²) in [7, 11) is 0. The van der Waals surface area contributed by atoms with Crippen LogP contribution in [0.1, 0.15) is 19.3 Å². The van der Waals surface area contributed by atoms with Gasteiger partial charge in [0.1, 0.15) is 0 Å². The van der Waals surface area contributed by atoms with E-state index in [0.29, 0.717) is 24.9 Å². The molecule has 0 amide bonds. The van der Waals surface area contributed by atoms with Crippen LogP contribution in [-0.2, 0) is 0 Å². The summed E-state index contributed by atoms with van der Waals surface area (Å²) in [6, 6.07) is 0. The van der Waals surface area contributed by atoms with Gasteiger partial charge in [0.15, 0.2) is 0 Å². The van der Waals surface area contributed by atoms with Crippen molar-refractivity contribution < 1.29 is 0 Å². The first kappa shape index (κ1) is 9.71. The Bertz CT molecular complexity index is 224. The highest BCUT2D eigenvalue weighted by molar-refractivity contribution is 4.78. The van der Waals surface area contributed by atoms with E-state index in [-0.39, 0.29) is 0 Å². The molecule has 0 aromatic heterocycles. The van der Waals surface area contributed by atoms with Crippen molar-refractivity contribution in [3.05, 3.63) is 20.9 Å². The molecular weight excluding hydrogens is 168 g/mol. The maximum Gasteiger partial charge on any atom is 0.0286 e. The smallest absolute Gasteiger partial charge is 0.0286 e. The van der Waals surface area contributed by atoms with E-state index < -0.39 is 0 Å². The number of hydrogen-bond acceptors (Lipinski definition) is 2. The average molecular weight is 180 g/mol. The molecule has 2 unspecified atom stereocenters. The molecule has 0 aromatic carbocycles. The minimum atomic E-state index is 0.495. The standard InChI is InChI=1S/C7H12N6/c8-12-10-4-6-1-2-7(3-6)5-11-13-9/h6-7H,1-5H2. The fourth-order valence-corrected chi connectivity index (χ4v) is 1.81. The van der Waals surface area contributed by atoms with E-state index in [0.717, 1.165) is 19.3 Å². The first-order chi connectivity index (χ1) is 6.36. The highest BCUT2D eigenvalue weighted by Crippen LogP contribution is 2.31. The van der Waals surface area contributed by atoms with E-state index in [1.54, 1.807) is 0 Å². The van der Waals surface area contributed by atoms with Crippen LogP contribution in [-0.4, -0.2) is 13.1 Å². The van der Waals surface area contributed by atoms with Crippen LogP contribution < -0.4 is 0 Å². The lowest BCUT2D eigenvalue weighted by Crippen LogP contribution is -2.01. The summed E-state index contributed by atoms with van der Waals surface area (Å²) >= 11 is 0. The van der Waals surface area contributed by atoms with Gasteiger partial charge in [0.25, 0.3) is 0 Å². The molecule has 0 spiro atoms. The Morgan fingerprint density at radius 3 is 1.85 bits per heavy atom. The molecule has 6 nitrogen and oxygen atoms in total. The number of nitrogens with zero attached hydrogens (tertiary/aromatic N) is 6. The van der Waals surface area contributed by atoms with Gasteiger partial charge in [-0.15, -0.1) is 0 Å².